The molecule has 1 heteroatoms. The van der Waals surface area contributed by atoms with E-state index in [2.05, 4.69) is 65.9 Å². The Bertz CT molecular complexity index is 432. The number of hydrogen-bond acceptors (Lipinski definition) is 0. The second-order valence-electron chi connectivity index (χ2n) is 3.25. The van der Waals surface area contributed by atoms with Crippen LogP contribution in [0.5, 0.6) is 0 Å². The molecule has 0 unspecified atom stereocenters. The Kier molecular flexibility index (Phi) is 2.87. The van der Waals surface area contributed by atoms with E-state index < -0.39 is 0 Å². The van der Waals surface area contributed by atoms with Gasteiger partial charge in [0.2, 0.25) is 0 Å². The van der Waals surface area contributed by atoms with Crippen molar-refractivity contribution >= 4 is 22.6 Å². The molecule has 69 valence electrons. The van der Waals surface area contributed by atoms with Gasteiger partial charge in [-0.05, 0) is 58.3 Å². The molecule has 0 saturated heterocycles. The maximum atomic E-state index is 3.25. The molecule has 0 fully saturated rings. The molecular formula is C13H10I. The molecule has 2 aromatic carbocycles. The molecule has 0 N–H and O–H groups in total. The monoisotopic (exact) mass is 293 g/mol. The van der Waals surface area contributed by atoms with E-state index in [1.54, 1.807) is 0 Å². The molecule has 0 aliphatic rings. The topological polar surface area (TPSA) is 0 Å². The summed E-state index contributed by atoms with van der Waals surface area (Å²) in [4.78, 5) is 0. The average Bonchev–Trinajstić information content (AvgIpc) is 2.23. The summed E-state index contributed by atoms with van der Waals surface area (Å²) < 4.78 is 1.20. The highest BCUT2D eigenvalue weighted by atomic mass is 127. The van der Waals surface area contributed by atoms with Gasteiger partial charge in [0.1, 0.15) is 0 Å². The number of hydrogen-bond donors (Lipinski definition) is 0. The van der Waals surface area contributed by atoms with E-state index in [9.17, 15) is 0 Å². The van der Waals surface area contributed by atoms with Gasteiger partial charge in [-0.25, -0.2) is 0 Å². The summed E-state index contributed by atoms with van der Waals surface area (Å²) in [6.07, 6.45) is 0. The number of benzene rings is 2. The van der Waals surface area contributed by atoms with Crippen molar-refractivity contribution in [2.75, 3.05) is 0 Å². The summed E-state index contributed by atoms with van der Waals surface area (Å²) in [6.45, 7) is 2.12. The lowest BCUT2D eigenvalue weighted by Gasteiger charge is -2.03. The SMILES string of the molecule is Cc1cc(-c2ccccc2)c[c]c1I. The zero-order valence-electron chi connectivity index (χ0n) is 7.92. The van der Waals surface area contributed by atoms with E-state index in [1.807, 2.05) is 12.1 Å². The summed E-state index contributed by atoms with van der Waals surface area (Å²) in [6, 6.07) is 17.9. The zero-order chi connectivity index (χ0) is 9.97. The van der Waals surface area contributed by atoms with Gasteiger partial charge in [-0.2, -0.15) is 0 Å². The molecule has 1 radical (unpaired) electrons. The zero-order valence-corrected chi connectivity index (χ0v) is 10.1. The van der Waals surface area contributed by atoms with Crippen LogP contribution in [0.1, 0.15) is 5.56 Å². The van der Waals surface area contributed by atoms with E-state index in [1.165, 1.54) is 20.3 Å². The molecule has 0 atom stereocenters. The van der Waals surface area contributed by atoms with Crippen LogP contribution in [0.15, 0.2) is 42.5 Å². The first-order valence-electron chi connectivity index (χ1n) is 4.50. The fourth-order valence-corrected chi connectivity index (χ4v) is 1.70. The van der Waals surface area contributed by atoms with Crippen LogP contribution in [-0.2, 0) is 0 Å². The van der Waals surface area contributed by atoms with Crippen molar-refractivity contribution in [2.24, 2.45) is 0 Å². The first-order valence-corrected chi connectivity index (χ1v) is 5.58. The van der Waals surface area contributed by atoms with E-state index in [-0.39, 0.29) is 0 Å². The predicted octanol–water partition coefficient (Wildman–Crippen LogP) is 4.07. The Morgan fingerprint density at radius 3 is 2.43 bits per heavy atom. The molecule has 2 aromatic rings. The smallest absolute Gasteiger partial charge is 0.0238 e. The van der Waals surface area contributed by atoms with E-state index in [0.717, 1.165) is 0 Å². The van der Waals surface area contributed by atoms with Crippen molar-refractivity contribution in [3.63, 3.8) is 0 Å². The third-order valence-corrected chi connectivity index (χ3v) is 3.34. The van der Waals surface area contributed by atoms with Crippen molar-refractivity contribution < 1.29 is 0 Å². The van der Waals surface area contributed by atoms with Crippen LogP contribution in [0.3, 0.4) is 0 Å². The fraction of sp³-hybridized carbons (Fsp3) is 0.0769. The molecule has 0 saturated carbocycles. The lowest BCUT2D eigenvalue weighted by molar-refractivity contribution is 1.42. The third-order valence-electron chi connectivity index (χ3n) is 2.18. The largest absolute Gasteiger partial charge is 0.0622 e. The van der Waals surface area contributed by atoms with Crippen LogP contribution in [0.2, 0.25) is 0 Å². The van der Waals surface area contributed by atoms with Crippen molar-refractivity contribution in [1.82, 2.24) is 0 Å². The maximum Gasteiger partial charge on any atom is 0.0238 e. The van der Waals surface area contributed by atoms with Crippen LogP contribution in [0, 0.1) is 16.6 Å². The molecule has 0 amide bonds. The maximum absolute atomic E-state index is 3.25. The molecular weight excluding hydrogens is 283 g/mol. The van der Waals surface area contributed by atoms with E-state index in [4.69, 9.17) is 0 Å². The molecule has 0 aliphatic heterocycles. The molecule has 0 heterocycles. The molecule has 0 nitrogen and oxygen atoms in total. The molecule has 0 aromatic heterocycles. The van der Waals surface area contributed by atoms with Crippen LogP contribution in [-0.4, -0.2) is 0 Å². The van der Waals surface area contributed by atoms with Gasteiger partial charge >= 0.3 is 0 Å². The van der Waals surface area contributed by atoms with Gasteiger partial charge < -0.3 is 0 Å². The van der Waals surface area contributed by atoms with Crippen molar-refractivity contribution in [2.45, 2.75) is 6.92 Å². The minimum absolute atomic E-state index is 1.20. The number of aryl methyl sites for hydroxylation is 1. The second kappa shape index (κ2) is 4.13. The number of rotatable bonds is 1. The Labute approximate surface area is 98.1 Å². The van der Waals surface area contributed by atoms with Crippen molar-refractivity contribution in [3.05, 3.63) is 57.7 Å². The van der Waals surface area contributed by atoms with Gasteiger partial charge in [-0.3, -0.25) is 0 Å². The normalized spacial score (nSPS) is 10.1. The highest BCUT2D eigenvalue weighted by Gasteiger charge is 1.99. The van der Waals surface area contributed by atoms with Crippen molar-refractivity contribution in [1.29, 1.82) is 0 Å². The fourth-order valence-electron chi connectivity index (χ4n) is 1.39. The molecule has 0 spiro atoms. The number of halogens is 1. The Balaban J connectivity index is 2.48. The predicted molar refractivity (Wildman–Crippen MR) is 68.2 cm³/mol. The van der Waals surface area contributed by atoms with Crippen LogP contribution < -0.4 is 0 Å². The Morgan fingerprint density at radius 1 is 1.07 bits per heavy atom. The van der Waals surface area contributed by atoms with Gasteiger partial charge in [-0.1, -0.05) is 36.4 Å². The van der Waals surface area contributed by atoms with Crippen molar-refractivity contribution in [3.8, 4) is 11.1 Å². The summed E-state index contributed by atoms with van der Waals surface area (Å²) >= 11 is 2.30. The lowest BCUT2D eigenvalue weighted by Crippen LogP contribution is -1.83. The lowest BCUT2D eigenvalue weighted by atomic mass is 10.0. The van der Waals surface area contributed by atoms with Crippen LogP contribution in [0.4, 0.5) is 0 Å². The highest BCUT2D eigenvalue weighted by Crippen LogP contribution is 2.22. The third kappa shape index (κ3) is 1.98. The summed E-state index contributed by atoms with van der Waals surface area (Å²) in [5.41, 5.74) is 3.78. The van der Waals surface area contributed by atoms with Gasteiger partial charge in [0, 0.05) is 3.57 Å². The van der Waals surface area contributed by atoms with Gasteiger partial charge in [0.05, 0.1) is 0 Å². The molecule has 14 heavy (non-hydrogen) atoms. The summed E-state index contributed by atoms with van der Waals surface area (Å²) in [5.74, 6) is 0. The molecule has 0 bridgehead atoms. The van der Waals surface area contributed by atoms with Crippen LogP contribution in [0.25, 0.3) is 11.1 Å². The average molecular weight is 293 g/mol. The highest BCUT2D eigenvalue weighted by molar-refractivity contribution is 14.1. The summed E-state index contributed by atoms with van der Waals surface area (Å²) in [7, 11) is 0. The first-order chi connectivity index (χ1) is 6.77. The first kappa shape index (κ1) is 9.71. The Morgan fingerprint density at radius 2 is 1.79 bits per heavy atom. The second-order valence-corrected chi connectivity index (χ2v) is 4.33. The van der Waals surface area contributed by atoms with Gasteiger partial charge in [-0.15, -0.1) is 0 Å². The van der Waals surface area contributed by atoms with E-state index >= 15 is 0 Å². The Hall–Kier alpha value is -0.830. The summed E-state index contributed by atoms with van der Waals surface area (Å²) in [5, 5.41) is 0. The van der Waals surface area contributed by atoms with Crippen LogP contribution >= 0.6 is 22.6 Å². The quantitative estimate of drug-likeness (QED) is 0.695. The van der Waals surface area contributed by atoms with E-state index in [0.29, 0.717) is 0 Å². The van der Waals surface area contributed by atoms with Gasteiger partial charge in [0.15, 0.2) is 0 Å². The minimum atomic E-state index is 1.20. The molecule has 2 rings (SSSR count). The molecule has 0 aliphatic carbocycles. The van der Waals surface area contributed by atoms with Gasteiger partial charge in [0.25, 0.3) is 0 Å². The minimum Gasteiger partial charge on any atom is -0.0622 e. The standard InChI is InChI=1S/C13H10I/c1-10-9-12(7-8-13(10)14)11-5-3-2-4-6-11/h2-7,9H,1H3.